The topological polar surface area (TPSA) is 115 Å². The Balaban J connectivity index is 2.05. The van der Waals surface area contributed by atoms with Gasteiger partial charge in [0.2, 0.25) is 5.91 Å². The standard InChI is InChI=1S/C12H8N2O5S/c15-9(5-8-10(16)14-12(19)20-8)13-7-3-1-6(2-4-7)11(17)18/h1-5H,(H,13,15)(H,17,18)(H,14,16,19)/p-1/b8-5-. The van der Waals surface area contributed by atoms with E-state index >= 15 is 0 Å². The van der Waals surface area contributed by atoms with E-state index in [1.165, 1.54) is 24.3 Å². The van der Waals surface area contributed by atoms with Crippen LogP contribution >= 0.6 is 11.8 Å². The fourth-order valence-electron chi connectivity index (χ4n) is 1.41. The molecule has 1 saturated heterocycles. The molecule has 0 atom stereocenters. The van der Waals surface area contributed by atoms with Crippen LogP contribution in [0.25, 0.3) is 0 Å². The van der Waals surface area contributed by atoms with Crippen molar-refractivity contribution in [3.05, 3.63) is 40.8 Å². The van der Waals surface area contributed by atoms with Crippen molar-refractivity contribution in [1.82, 2.24) is 5.32 Å². The van der Waals surface area contributed by atoms with Crippen molar-refractivity contribution in [2.45, 2.75) is 0 Å². The van der Waals surface area contributed by atoms with Gasteiger partial charge in [0.1, 0.15) is 0 Å². The van der Waals surface area contributed by atoms with E-state index in [0.29, 0.717) is 17.4 Å². The highest BCUT2D eigenvalue weighted by Crippen LogP contribution is 2.22. The number of benzene rings is 1. The molecular formula is C12H7N2O5S-. The van der Waals surface area contributed by atoms with E-state index in [9.17, 15) is 24.3 Å². The van der Waals surface area contributed by atoms with Gasteiger partial charge < -0.3 is 15.2 Å². The van der Waals surface area contributed by atoms with Crippen LogP contribution in [0.5, 0.6) is 0 Å². The number of carbonyl (C=O) groups is 4. The number of imide groups is 1. The largest absolute Gasteiger partial charge is 0.545 e. The van der Waals surface area contributed by atoms with E-state index < -0.39 is 23.0 Å². The first-order valence-electron chi connectivity index (χ1n) is 5.33. The molecule has 3 amide bonds. The molecule has 2 rings (SSSR count). The number of nitrogens with one attached hydrogen (secondary N) is 2. The first-order valence-corrected chi connectivity index (χ1v) is 6.14. The summed E-state index contributed by atoms with van der Waals surface area (Å²) in [6.07, 6.45) is 0.998. The van der Waals surface area contributed by atoms with E-state index in [4.69, 9.17) is 0 Å². The smallest absolute Gasteiger partial charge is 0.290 e. The number of carboxylic acids is 1. The Morgan fingerprint density at radius 2 is 1.85 bits per heavy atom. The van der Waals surface area contributed by atoms with Gasteiger partial charge in [-0.2, -0.15) is 0 Å². The van der Waals surface area contributed by atoms with Gasteiger partial charge in [-0.15, -0.1) is 0 Å². The predicted octanol–water partition coefficient (Wildman–Crippen LogP) is -0.145. The number of amides is 3. The number of thioether (sulfide) groups is 1. The summed E-state index contributed by atoms with van der Waals surface area (Å²) in [7, 11) is 0. The zero-order valence-electron chi connectivity index (χ0n) is 9.84. The van der Waals surface area contributed by atoms with Gasteiger partial charge in [0.25, 0.3) is 11.1 Å². The third-order valence-corrected chi connectivity index (χ3v) is 3.10. The molecule has 1 aromatic rings. The summed E-state index contributed by atoms with van der Waals surface area (Å²) >= 11 is 0.634. The van der Waals surface area contributed by atoms with Crippen molar-refractivity contribution >= 4 is 40.5 Å². The lowest BCUT2D eigenvalue weighted by Gasteiger charge is -2.05. The molecule has 0 radical (unpaired) electrons. The van der Waals surface area contributed by atoms with Crippen LogP contribution in [-0.4, -0.2) is 23.0 Å². The quantitative estimate of drug-likeness (QED) is 0.749. The number of anilines is 1. The normalized spacial score (nSPS) is 16.1. The third kappa shape index (κ3) is 3.23. The van der Waals surface area contributed by atoms with Crippen LogP contribution in [0.15, 0.2) is 35.2 Å². The highest BCUT2D eigenvalue weighted by Gasteiger charge is 2.25. The van der Waals surface area contributed by atoms with E-state index in [1.807, 2.05) is 5.32 Å². The molecule has 1 heterocycles. The maximum atomic E-state index is 11.6. The van der Waals surface area contributed by atoms with Crippen molar-refractivity contribution < 1.29 is 24.3 Å². The summed E-state index contributed by atoms with van der Waals surface area (Å²) in [6.45, 7) is 0. The van der Waals surface area contributed by atoms with E-state index in [-0.39, 0.29) is 10.5 Å². The van der Waals surface area contributed by atoms with Gasteiger partial charge in [0.15, 0.2) is 0 Å². The fourth-order valence-corrected chi connectivity index (χ4v) is 2.06. The maximum absolute atomic E-state index is 11.6. The second-order valence-electron chi connectivity index (χ2n) is 3.71. The van der Waals surface area contributed by atoms with Crippen molar-refractivity contribution in [2.24, 2.45) is 0 Å². The first-order chi connectivity index (χ1) is 9.45. The van der Waals surface area contributed by atoms with Crippen LogP contribution < -0.4 is 15.7 Å². The van der Waals surface area contributed by atoms with Crippen LogP contribution in [0.3, 0.4) is 0 Å². The molecule has 0 spiro atoms. The molecule has 1 fully saturated rings. The SMILES string of the molecule is O=C(/C=C1\SC(=O)NC1=O)Nc1ccc(C(=O)[O-])cc1. The van der Waals surface area contributed by atoms with Crippen LogP contribution in [0.1, 0.15) is 10.4 Å². The summed E-state index contributed by atoms with van der Waals surface area (Å²) in [5, 5.41) is 14.5. The molecule has 0 aliphatic carbocycles. The van der Waals surface area contributed by atoms with Gasteiger partial charge in [-0.1, -0.05) is 12.1 Å². The highest BCUT2D eigenvalue weighted by atomic mass is 32.2. The number of rotatable bonds is 3. The monoisotopic (exact) mass is 291 g/mol. The summed E-state index contributed by atoms with van der Waals surface area (Å²) in [5.41, 5.74) is 0.337. The lowest BCUT2D eigenvalue weighted by Crippen LogP contribution is -2.22. The lowest BCUT2D eigenvalue weighted by atomic mass is 10.2. The van der Waals surface area contributed by atoms with Crippen molar-refractivity contribution in [3.8, 4) is 0 Å². The van der Waals surface area contributed by atoms with Crippen LogP contribution in [0, 0.1) is 0 Å². The summed E-state index contributed by atoms with van der Waals surface area (Å²) in [4.78, 5) is 44.3. The third-order valence-electron chi connectivity index (χ3n) is 2.29. The number of carboxylic acid groups (broad SMARTS) is 1. The average molecular weight is 291 g/mol. The van der Waals surface area contributed by atoms with Crippen molar-refractivity contribution in [2.75, 3.05) is 5.32 Å². The molecule has 102 valence electrons. The molecule has 0 bridgehead atoms. The number of carbonyl (C=O) groups excluding carboxylic acids is 4. The summed E-state index contributed by atoms with van der Waals surface area (Å²) < 4.78 is 0. The lowest BCUT2D eigenvalue weighted by molar-refractivity contribution is -0.255. The first kappa shape index (κ1) is 13.8. The summed E-state index contributed by atoms with van der Waals surface area (Å²) in [6, 6.07) is 5.32. The molecular weight excluding hydrogens is 284 g/mol. The zero-order chi connectivity index (χ0) is 14.7. The number of aromatic carboxylic acids is 1. The minimum Gasteiger partial charge on any atom is -0.545 e. The Morgan fingerprint density at radius 3 is 2.35 bits per heavy atom. The second-order valence-corrected chi connectivity index (χ2v) is 4.72. The molecule has 0 saturated carbocycles. The molecule has 0 aromatic heterocycles. The van der Waals surface area contributed by atoms with Crippen LogP contribution in [0.2, 0.25) is 0 Å². The van der Waals surface area contributed by atoms with Gasteiger partial charge in [-0.05, 0) is 29.5 Å². The summed E-state index contributed by atoms with van der Waals surface area (Å²) in [5.74, 6) is -2.54. The molecule has 2 N–H and O–H groups in total. The fraction of sp³-hybridized carbons (Fsp3) is 0. The number of hydrogen-bond donors (Lipinski definition) is 2. The van der Waals surface area contributed by atoms with E-state index in [2.05, 4.69) is 5.32 Å². The number of hydrogen-bond acceptors (Lipinski definition) is 6. The Bertz CT molecular complexity index is 636. The second kappa shape index (κ2) is 5.57. The van der Waals surface area contributed by atoms with Gasteiger partial charge in [0, 0.05) is 11.8 Å². The van der Waals surface area contributed by atoms with Crippen molar-refractivity contribution in [1.29, 1.82) is 0 Å². The minimum atomic E-state index is -1.32. The Kier molecular flexibility index (Phi) is 3.85. The van der Waals surface area contributed by atoms with Crippen LogP contribution in [0.4, 0.5) is 10.5 Å². The molecule has 8 heteroatoms. The Morgan fingerprint density at radius 1 is 1.20 bits per heavy atom. The zero-order valence-corrected chi connectivity index (χ0v) is 10.7. The minimum absolute atomic E-state index is 0.00106. The van der Waals surface area contributed by atoms with E-state index in [1.54, 1.807) is 0 Å². The van der Waals surface area contributed by atoms with Gasteiger partial charge in [-0.25, -0.2) is 0 Å². The molecule has 1 aliphatic rings. The maximum Gasteiger partial charge on any atom is 0.290 e. The molecule has 20 heavy (non-hydrogen) atoms. The highest BCUT2D eigenvalue weighted by molar-refractivity contribution is 8.18. The van der Waals surface area contributed by atoms with Crippen molar-refractivity contribution in [3.63, 3.8) is 0 Å². The van der Waals surface area contributed by atoms with Gasteiger partial charge in [0.05, 0.1) is 10.9 Å². The van der Waals surface area contributed by atoms with Gasteiger partial charge >= 0.3 is 0 Å². The van der Waals surface area contributed by atoms with Crippen LogP contribution in [-0.2, 0) is 9.59 Å². The van der Waals surface area contributed by atoms with E-state index in [0.717, 1.165) is 6.08 Å². The molecule has 0 unspecified atom stereocenters. The molecule has 7 nitrogen and oxygen atoms in total. The van der Waals surface area contributed by atoms with Gasteiger partial charge in [-0.3, -0.25) is 19.7 Å². The molecule has 1 aliphatic heterocycles. The Labute approximate surface area is 117 Å². The Hall–Kier alpha value is -2.61. The molecule has 1 aromatic carbocycles. The average Bonchev–Trinajstić information content (AvgIpc) is 2.68. The predicted molar refractivity (Wildman–Crippen MR) is 68.6 cm³/mol.